The molecule has 1 aliphatic carbocycles. The van der Waals surface area contributed by atoms with Gasteiger partial charge in [-0.15, -0.1) is 0 Å². The maximum absolute atomic E-state index is 4.59. The minimum absolute atomic E-state index is 0.305. The van der Waals surface area contributed by atoms with Gasteiger partial charge in [-0.1, -0.05) is 26.2 Å². The third kappa shape index (κ3) is 1.74. The summed E-state index contributed by atoms with van der Waals surface area (Å²) in [6.45, 7) is 2.35. The normalized spacial score (nSPS) is 21.1. The van der Waals surface area contributed by atoms with Crippen molar-refractivity contribution in [2.75, 3.05) is 0 Å². The first-order valence-corrected chi connectivity index (χ1v) is 6.10. The van der Waals surface area contributed by atoms with Crippen molar-refractivity contribution in [2.24, 2.45) is 7.05 Å². The molecule has 3 heteroatoms. The topological polar surface area (TPSA) is 17.8 Å². The molecule has 2 rings (SSSR count). The summed E-state index contributed by atoms with van der Waals surface area (Å²) in [6, 6.07) is 0. The zero-order valence-electron chi connectivity index (χ0n) is 8.89. The molecule has 2 nitrogen and oxygen atoms in total. The molecule has 0 bridgehead atoms. The van der Waals surface area contributed by atoms with E-state index < -0.39 is 0 Å². The number of imidazole rings is 1. The Bertz CT molecular complexity index is 324. The maximum atomic E-state index is 4.59. The molecule has 1 aromatic heterocycles. The lowest BCUT2D eigenvalue weighted by atomic mass is 9.75. The molecule has 78 valence electrons. The Balaban J connectivity index is 2.32. The highest BCUT2D eigenvalue weighted by molar-refractivity contribution is 9.10. The molecule has 0 aliphatic heterocycles. The molecule has 1 aromatic rings. The fraction of sp³-hybridized carbons (Fsp3) is 0.727. The molecule has 1 fully saturated rings. The fourth-order valence-corrected chi connectivity index (χ4v) is 3.02. The van der Waals surface area contributed by atoms with Crippen LogP contribution in [0.5, 0.6) is 0 Å². The third-order valence-electron chi connectivity index (χ3n) is 3.34. The third-order valence-corrected chi connectivity index (χ3v) is 3.73. The lowest BCUT2D eigenvalue weighted by Gasteiger charge is -2.32. The molecule has 1 heterocycles. The number of halogens is 1. The molecule has 0 N–H and O–H groups in total. The van der Waals surface area contributed by atoms with Crippen LogP contribution in [-0.4, -0.2) is 9.55 Å². The van der Waals surface area contributed by atoms with Crippen LogP contribution in [0.3, 0.4) is 0 Å². The fourth-order valence-electron chi connectivity index (χ4n) is 2.55. The Morgan fingerprint density at radius 1 is 1.36 bits per heavy atom. The molecular weight excluding hydrogens is 240 g/mol. The van der Waals surface area contributed by atoms with Gasteiger partial charge in [0.25, 0.3) is 0 Å². The van der Waals surface area contributed by atoms with Crippen molar-refractivity contribution < 1.29 is 0 Å². The van der Waals surface area contributed by atoms with E-state index in [0.29, 0.717) is 5.41 Å². The second-order valence-corrected chi connectivity index (χ2v) is 5.43. The highest BCUT2D eigenvalue weighted by Crippen LogP contribution is 2.38. The number of aromatic nitrogens is 2. The molecule has 0 amide bonds. The standard InChI is InChI=1S/C11H17BrN2/c1-11(6-4-3-5-7-11)10-13-9(12)8-14(10)2/h8H,3-7H2,1-2H3. The number of aryl methyl sites for hydroxylation is 1. The first kappa shape index (κ1) is 10.2. The molecule has 1 aliphatic rings. The van der Waals surface area contributed by atoms with Crippen LogP contribution < -0.4 is 0 Å². The zero-order chi connectivity index (χ0) is 10.2. The largest absolute Gasteiger partial charge is 0.336 e. The summed E-state index contributed by atoms with van der Waals surface area (Å²) in [5.74, 6) is 1.24. The van der Waals surface area contributed by atoms with Crippen LogP contribution >= 0.6 is 15.9 Å². The van der Waals surface area contributed by atoms with Crippen LogP contribution in [-0.2, 0) is 12.5 Å². The maximum Gasteiger partial charge on any atom is 0.124 e. The van der Waals surface area contributed by atoms with Gasteiger partial charge in [0.1, 0.15) is 10.4 Å². The van der Waals surface area contributed by atoms with Crippen molar-refractivity contribution >= 4 is 15.9 Å². The van der Waals surface area contributed by atoms with Crippen molar-refractivity contribution in [1.82, 2.24) is 9.55 Å². The monoisotopic (exact) mass is 256 g/mol. The molecule has 1 saturated carbocycles. The highest BCUT2D eigenvalue weighted by atomic mass is 79.9. The Labute approximate surface area is 93.9 Å². The summed E-state index contributed by atoms with van der Waals surface area (Å²) >= 11 is 3.44. The van der Waals surface area contributed by atoms with Crippen molar-refractivity contribution in [3.8, 4) is 0 Å². The van der Waals surface area contributed by atoms with Crippen LogP contribution in [0.15, 0.2) is 10.8 Å². The summed E-state index contributed by atoms with van der Waals surface area (Å²) in [5.41, 5.74) is 0.305. The summed E-state index contributed by atoms with van der Waals surface area (Å²) in [6.07, 6.45) is 8.70. The van der Waals surface area contributed by atoms with E-state index in [0.717, 1.165) is 4.60 Å². The van der Waals surface area contributed by atoms with Gasteiger partial charge in [0.15, 0.2) is 0 Å². The van der Waals surface area contributed by atoms with Crippen LogP contribution in [0.25, 0.3) is 0 Å². The summed E-state index contributed by atoms with van der Waals surface area (Å²) in [7, 11) is 2.09. The van der Waals surface area contributed by atoms with E-state index in [1.54, 1.807) is 0 Å². The van der Waals surface area contributed by atoms with Crippen LogP contribution in [0.4, 0.5) is 0 Å². The van der Waals surface area contributed by atoms with E-state index >= 15 is 0 Å². The number of nitrogens with zero attached hydrogens (tertiary/aromatic N) is 2. The van der Waals surface area contributed by atoms with E-state index in [1.807, 2.05) is 0 Å². The van der Waals surface area contributed by atoms with Gasteiger partial charge in [-0.05, 0) is 28.8 Å². The minimum atomic E-state index is 0.305. The summed E-state index contributed by atoms with van der Waals surface area (Å²) in [4.78, 5) is 4.59. The summed E-state index contributed by atoms with van der Waals surface area (Å²) in [5, 5.41) is 0. The Hall–Kier alpha value is -0.310. The molecule has 0 spiro atoms. The van der Waals surface area contributed by atoms with Crippen LogP contribution in [0.2, 0.25) is 0 Å². The van der Waals surface area contributed by atoms with Crippen LogP contribution in [0, 0.1) is 0 Å². The highest BCUT2D eigenvalue weighted by Gasteiger charge is 2.32. The Kier molecular flexibility index (Phi) is 2.69. The predicted octanol–water partition coefficient (Wildman–Crippen LogP) is 3.40. The van der Waals surface area contributed by atoms with E-state index in [4.69, 9.17) is 0 Å². The van der Waals surface area contributed by atoms with Gasteiger partial charge in [-0.25, -0.2) is 4.98 Å². The van der Waals surface area contributed by atoms with E-state index in [-0.39, 0.29) is 0 Å². The molecule has 0 radical (unpaired) electrons. The van der Waals surface area contributed by atoms with Gasteiger partial charge in [0, 0.05) is 18.7 Å². The van der Waals surface area contributed by atoms with Crippen LogP contribution in [0.1, 0.15) is 44.9 Å². The quantitative estimate of drug-likeness (QED) is 0.753. The number of hydrogen-bond donors (Lipinski definition) is 0. The predicted molar refractivity (Wildman–Crippen MR) is 61.3 cm³/mol. The minimum Gasteiger partial charge on any atom is -0.336 e. The van der Waals surface area contributed by atoms with Gasteiger partial charge in [0.05, 0.1) is 0 Å². The Morgan fingerprint density at radius 3 is 2.50 bits per heavy atom. The van der Waals surface area contributed by atoms with Crippen molar-refractivity contribution in [2.45, 2.75) is 44.4 Å². The average Bonchev–Trinajstić information content (AvgIpc) is 2.47. The van der Waals surface area contributed by atoms with Gasteiger partial charge in [-0.2, -0.15) is 0 Å². The molecular formula is C11H17BrN2. The van der Waals surface area contributed by atoms with Gasteiger partial charge >= 0.3 is 0 Å². The van der Waals surface area contributed by atoms with E-state index in [2.05, 4.69) is 45.6 Å². The van der Waals surface area contributed by atoms with E-state index in [9.17, 15) is 0 Å². The number of hydrogen-bond acceptors (Lipinski definition) is 1. The second kappa shape index (κ2) is 3.69. The molecule has 0 saturated heterocycles. The average molecular weight is 257 g/mol. The first-order valence-electron chi connectivity index (χ1n) is 5.31. The lowest BCUT2D eigenvalue weighted by molar-refractivity contribution is 0.298. The van der Waals surface area contributed by atoms with E-state index in [1.165, 1.54) is 37.9 Å². The first-order chi connectivity index (χ1) is 6.62. The number of rotatable bonds is 1. The Morgan fingerprint density at radius 2 is 2.00 bits per heavy atom. The van der Waals surface area contributed by atoms with Crippen molar-refractivity contribution in [3.63, 3.8) is 0 Å². The molecule has 0 atom stereocenters. The lowest BCUT2D eigenvalue weighted by Crippen LogP contribution is -2.28. The summed E-state index contributed by atoms with van der Waals surface area (Å²) < 4.78 is 3.12. The molecule has 0 aromatic carbocycles. The molecule has 14 heavy (non-hydrogen) atoms. The smallest absolute Gasteiger partial charge is 0.124 e. The van der Waals surface area contributed by atoms with Crippen molar-refractivity contribution in [3.05, 3.63) is 16.6 Å². The SMILES string of the molecule is Cn1cc(Br)nc1C1(C)CCCCC1. The molecule has 0 unspecified atom stereocenters. The zero-order valence-corrected chi connectivity index (χ0v) is 10.5. The van der Waals surface area contributed by atoms with Crippen molar-refractivity contribution in [1.29, 1.82) is 0 Å². The second-order valence-electron chi connectivity index (χ2n) is 4.62. The van der Waals surface area contributed by atoms with Gasteiger partial charge in [0.2, 0.25) is 0 Å². The van der Waals surface area contributed by atoms with Gasteiger partial charge < -0.3 is 4.57 Å². The van der Waals surface area contributed by atoms with Gasteiger partial charge in [-0.3, -0.25) is 0 Å².